The number of phenolic OH excluding ortho intramolecular Hbond substituents is 1. The first-order valence-corrected chi connectivity index (χ1v) is 8.35. The highest BCUT2D eigenvalue weighted by atomic mass is 16.5. The minimum absolute atomic E-state index is 0.117. The van der Waals surface area contributed by atoms with Crippen molar-refractivity contribution in [3.8, 4) is 11.5 Å². The Kier molecular flexibility index (Phi) is 3.88. The number of hydrogen-bond acceptors (Lipinski definition) is 4. The molecule has 26 heavy (non-hydrogen) atoms. The van der Waals surface area contributed by atoms with Crippen LogP contribution in [0.1, 0.15) is 32.0 Å². The molecule has 0 bridgehead atoms. The van der Waals surface area contributed by atoms with Crippen molar-refractivity contribution < 1.29 is 19.4 Å². The number of H-pyrrole nitrogens is 1. The molecule has 132 valence electrons. The van der Waals surface area contributed by atoms with E-state index in [4.69, 9.17) is 4.74 Å². The van der Waals surface area contributed by atoms with Gasteiger partial charge in [-0.2, -0.15) is 0 Å². The second-order valence-electron chi connectivity index (χ2n) is 6.36. The molecule has 1 amide bonds. The summed E-state index contributed by atoms with van der Waals surface area (Å²) in [4.78, 5) is 28.9. The minimum Gasteiger partial charge on any atom is -0.507 e. The molecule has 0 aliphatic carbocycles. The van der Waals surface area contributed by atoms with Gasteiger partial charge in [0.25, 0.3) is 5.91 Å². The number of benzene rings is 2. The van der Waals surface area contributed by atoms with Gasteiger partial charge in [0, 0.05) is 28.7 Å². The van der Waals surface area contributed by atoms with Crippen LogP contribution in [0.4, 0.5) is 0 Å². The first-order valence-electron chi connectivity index (χ1n) is 8.35. The maximum Gasteiger partial charge on any atom is 0.254 e. The number of hydrogen-bond donors (Lipinski definition) is 2. The Bertz CT molecular complexity index is 1020. The molecule has 4 rings (SSSR count). The topological polar surface area (TPSA) is 82.6 Å². The van der Waals surface area contributed by atoms with Crippen molar-refractivity contribution in [2.45, 2.75) is 13.0 Å². The van der Waals surface area contributed by atoms with Gasteiger partial charge in [-0.15, -0.1) is 0 Å². The van der Waals surface area contributed by atoms with Gasteiger partial charge in [0.2, 0.25) is 0 Å². The zero-order valence-electron chi connectivity index (χ0n) is 14.3. The van der Waals surface area contributed by atoms with Gasteiger partial charge in [-0.05, 0) is 48.4 Å². The largest absolute Gasteiger partial charge is 0.507 e. The van der Waals surface area contributed by atoms with Crippen LogP contribution in [0.3, 0.4) is 0 Å². The van der Waals surface area contributed by atoms with Gasteiger partial charge in [0.1, 0.15) is 11.5 Å². The van der Waals surface area contributed by atoms with E-state index in [0.717, 1.165) is 28.8 Å². The first-order chi connectivity index (χ1) is 12.6. The molecule has 0 unspecified atom stereocenters. The van der Waals surface area contributed by atoms with Crippen molar-refractivity contribution in [2.75, 3.05) is 13.7 Å². The van der Waals surface area contributed by atoms with Crippen LogP contribution in [0.5, 0.6) is 11.5 Å². The molecule has 6 nitrogen and oxygen atoms in total. The summed E-state index contributed by atoms with van der Waals surface area (Å²) >= 11 is 0. The molecule has 2 N–H and O–H groups in total. The van der Waals surface area contributed by atoms with Crippen molar-refractivity contribution in [2.24, 2.45) is 0 Å². The van der Waals surface area contributed by atoms with Gasteiger partial charge in [-0.1, -0.05) is 0 Å². The highest BCUT2D eigenvalue weighted by molar-refractivity contribution is 5.97. The lowest BCUT2D eigenvalue weighted by atomic mass is 10.0. The molecule has 1 aliphatic rings. The fourth-order valence-electron chi connectivity index (χ4n) is 3.48. The number of nitrogens with one attached hydrogen (secondary N) is 1. The normalized spacial score (nSPS) is 13.5. The smallest absolute Gasteiger partial charge is 0.254 e. The third kappa shape index (κ3) is 2.60. The lowest BCUT2D eigenvalue weighted by Gasteiger charge is -2.27. The summed E-state index contributed by atoms with van der Waals surface area (Å²) in [6.07, 6.45) is 1.29. The number of aromatic amines is 1. The molecule has 2 aromatic carbocycles. The molecular formula is C20H18N2O4. The number of ether oxygens (including phenoxy) is 1. The SMILES string of the molecule is COc1ccc2[nH]c3c(c2c1)CCN(C(=O)c1ccc(O)c(C=O)c1)C3. The Morgan fingerprint density at radius 1 is 1.27 bits per heavy atom. The van der Waals surface area contributed by atoms with Crippen LogP contribution in [0, 0.1) is 0 Å². The second-order valence-corrected chi connectivity index (χ2v) is 6.36. The van der Waals surface area contributed by atoms with E-state index in [9.17, 15) is 14.7 Å². The van der Waals surface area contributed by atoms with Crippen LogP contribution in [0.25, 0.3) is 10.9 Å². The molecule has 6 heteroatoms. The van der Waals surface area contributed by atoms with Gasteiger partial charge >= 0.3 is 0 Å². The lowest BCUT2D eigenvalue weighted by Crippen LogP contribution is -2.35. The number of nitrogens with zero attached hydrogens (tertiary/aromatic N) is 1. The van der Waals surface area contributed by atoms with Gasteiger partial charge in [0.05, 0.1) is 19.2 Å². The number of carbonyl (C=O) groups is 2. The maximum atomic E-state index is 12.8. The van der Waals surface area contributed by atoms with Gasteiger partial charge in [0.15, 0.2) is 6.29 Å². The molecule has 1 aromatic heterocycles. The zero-order valence-corrected chi connectivity index (χ0v) is 14.3. The summed E-state index contributed by atoms with van der Waals surface area (Å²) in [5.74, 6) is 0.528. The van der Waals surface area contributed by atoms with E-state index in [2.05, 4.69) is 4.98 Å². The third-order valence-corrected chi connectivity index (χ3v) is 4.87. The highest BCUT2D eigenvalue weighted by Crippen LogP contribution is 2.31. The Balaban J connectivity index is 1.64. The molecule has 0 saturated heterocycles. The fraction of sp³-hybridized carbons (Fsp3) is 0.200. The van der Waals surface area contributed by atoms with E-state index in [-0.39, 0.29) is 17.2 Å². The average molecular weight is 350 g/mol. The summed E-state index contributed by atoms with van der Waals surface area (Å²) in [6, 6.07) is 10.2. The molecule has 0 radical (unpaired) electrons. The van der Waals surface area contributed by atoms with Crippen molar-refractivity contribution >= 4 is 23.1 Å². The highest BCUT2D eigenvalue weighted by Gasteiger charge is 2.25. The second kappa shape index (κ2) is 6.22. The summed E-state index contributed by atoms with van der Waals surface area (Å²) in [7, 11) is 1.64. The molecule has 3 aromatic rings. The lowest BCUT2D eigenvalue weighted by molar-refractivity contribution is 0.0733. The Morgan fingerprint density at radius 2 is 2.12 bits per heavy atom. The van der Waals surface area contributed by atoms with Crippen LogP contribution in [0.15, 0.2) is 36.4 Å². The van der Waals surface area contributed by atoms with Crippen LogP contribution >= 0.6 is 0 Å². The molecule has 1 aliphatic heterocycles. The summed E-state index contributed by atoms with van der Waals surface area (Å²) in [6.45, 7) is 1.07. The van der Waals surface area contributed by atoms with Crippen LogP contribution < -0.4 is 4.74 Å². The number of amides is 1. The number of methoxy groups -OCH3 is 1. The Labute approximate surface area is 150 Å². The number of phenols is 1. The van der Waals surface area contributed by atoms with Crippen molar-refractivity contribution in [3.63, 3.8) is 0 Å². The van der Waals surface area contributed by atoms with Crippen LogP contribution in [0.2, 0.25) is 0 Å². The van der Waals surface area contributed by atoms with E-state index in [0.29, 0.717) is 24.9 Å². The predicted molar refractivity (Wildman–Crippen MR) is 96.8 cm³/mol. The van der Waals surface area contributed by atoms with Crippen molar-refractivity contribution in [1.82, 2.24) is 9.88 Å². The summed E-state index contributed by atoms with van der Waals surface area (Å²) in [5.41, 5.74) is 3.76. The quantitative estimate of drug-likeness (QED) is 0.712. The van der Waals surface area contributed by atoms with Crippen LogP contribution in [-0.4, -0.2) is 40.8 Å². The van der Waals surface area contributed by atoms with E-state index >= 15 is 0 Å². The number of rotatable bonds is 3. The molecule has 0 saturated carbocycles. The standard InChI is InChI=1S/C20H18N2O4/c1-26-14-3-4-17-16(9-14)15-6-7-22(10-18(15)21-17)20(25)12-2-5-19(24)13(8-12)11-23/h2-5,8-9,11,21,24H,6-7,10H2,1H3. The van der Waals surface area contributed by atoms with Crippen molar-refractivity contribution in [1.29, 1.82) is 0 Å². The van der Waals surface area contributed by atoms with E-state index in [1.165, 1.54) is 23.8 Å². The Morgan fingerprint density at radius 3 is 2.88 bits per heavy atom. The predicted octanol–water partition coefficient (Wildman–Crippen LogP) is 2.89. The molecule has 0 atom stereocenters. The first kappa shape index (κ1) is 16.2. The molecular weight excluding hydrogens is 332 g/mol. The van der Waals surface area contributed by atoms with Gasteiger partial charge in [-0.3, -0.25) is 9.59 Å². The fourth-order valence-corrected chi connectivity index (χ4v) is 3.48. The number of fused-ring (bicyclic) bond motifs is 3. The monoisotopic (exact) mass is 350 g/mol. The third-order valence-electron chi connectivity index (χ3n) is 4.87. The Hall–Kier alpha value is -3.28. The number of aromatic hydroxyl groups is 1. The molecule has 0 fully saturated rings. The summed E-state index contributed by atoms with van der Waals surface area (Å²) in [5, 5.41) is 10.7. The van der Waals surface area contributed by atoms with Gasteiger partial charge < -0.3 is 19.7 Å². The van der Waals surface area contributed by atoms with Crippen LogP contribution in [-0.2, 0) is 13.0 Å². The van der Waals surface area contributed by atoms with Crippen molar-refractivity contribution in [3.05, 3.63) is 58.8 Å². The molecule has 0 spiro atoms. The zero-order chi connectivity index (χ0) is 18.3. The number of aromatic nitrogens is 1. The van der Waals surface area contributed by atoms with Gasteiger partial charge in [-0.25, -0.2) is 0 Å². The number of aldehydes is 1. The minimum atomic E-state index is -0.157. The van der Waals surface area contributed by atoms with E-state index < -0.39 is 0 Å². The molecule has 2 heterocycles. The van der Waals surface area contributed by atoms with E-state index in [1.54, 1.807) is 12.0 Å². The average Bonchev–Trinajstić information content (AvgIpc) is 3.04. The number of carbonyl (C=O) groups excluding carboxylic acids is 2. The van der Waals surface area contributed by atoms with E-state index in [1.807, 2.05) is 18.2 Å². The maximum absolute atomic E-state index is 12.8. The summed E-state index contributed by atoms with van der Waals surface area (Å²) < 4.78 is 5.30.